The molecule has 120 valence electrons. The molecule has 1 heterocycles. The second-order valence-corrected chi connectivity index (χ2v) is 6.76. The van der Waals surface area contributed by atoms with Crippen LogP contribution in [0.5, 0.6) is 5.88 Å². The van der Waals surface area contributed by atoms with Gasteiger partial charge in [-0.15, -0.1) is 0 Å². The summed E-state index contributed by atoms with van der Waals surface area (Å²) in [5.74, 6) is 0.660. The predicted molar refractivity (Wildman–Crippen MR) is 95.2 cm³/mol. The fourth-order valence-corrected chi connectivity index (χ4v) is 2.75. The van der Waals surface area contributed by atoms with Gasteiger partial charge in [0.05, 0.1) is 22.2 Å². The summed E-state index contributed by atoms with van der Waals surface area (Å²) in [6.07, 6.45) is 3.99. The number of rotatable bonds is 5. The lowest BCUT2D eigenvalue weighted by atomic mass is 10.2. The Morgan fingerprint density at radius 1 is 1.36 bits per heavy atom. The zero-order valence-electron chi connectivity index (χ0n) is 14.0. The van der Waals surface area contributed by atoms with Crippen molar-refractivity contribution in [3.05, 3.63) is 27.4 Å². The van der Waals surface area contributed by atoms with E-state index in [2.05, 4.69) is 46.7 Å². The van der Waals surface area contributed by atoms with Gasteiger partial charge in [-0.2, -0.15) is 0 Å². The highest BCUT2D eigenvalue weighted by molar-refractivity contribution is 9.10. The third-order valence-corrected chi connectivity index (χ3v) is 4.64. The van der Waals surface area contributed by atoms with Gasteiger partial charge < -0.3 is 9.64 Å². The zero-order chi connectivity index (χ0) is 16.3. The summed E-state index contributed by atoms with van der Waals surface area (Å²) in [4.78, 5) is 11.1. The van der Waals surface area contributed by atoms with Gasteiger partial charge in [-0.05, 0) is 49.7 Å². The first-order valence-corrected chi connectivity index (χ1v) is 8.43. The molecule has 1 aliphatic carbocycles. The summed E-state index contributed by atoms with van der Waals surface area (Å²) in [5.41, 5.74) is 4.60. The molecule has 0 N–H and O–H groups in total. The van der Waals surface area contributed by atoms with Crippen LogP contribution in [0.4, 0.5) is 5.69 Å². The Morgan fingerprint density at radius 2 is 2.00 bits per heavy atom. The van der Waals surface area contributed by atoms with Crippen LogP contribution < -0.4 is 4.74 Å². The van der Waals surface area contributed by atoms with Crippen molar-refractivity contribution in [2.45, 2.75) is 46.6 Å². The van der Waals surface area contributed by atoms with Crippen LogP contribution in [0.2, 0.25) is 0 Å². The van der Waals surface area contributed by atoms with Crippen molar-refractivity contribution in [3.8, 4) is 5.88 Å². The third kappa shape index (κ3) is 4.09. The SMILES string of the molecule is CCN(C)C=Nc1cc(Br)c(OC2CC(C)=C(C)C2)nc1C. The lowest BCUT2D eigenvalue weighted by Gasteiger charge is -2.15. The first-order chi connectivity index (χ1) is 10.4. The minimum atomic E-state index is 0.198. The Kier molecular flexibility index (Phi) is 5.62. The summed E-state index contributed by atoms with van der Waals surface area (Å²) in [5, 5.41) is 0. The van der Waals surface area contributed by atoms with Crippen molar-refractivity contribution < 1.29 is 4.74 Å². The highest BCUT2D eigenvalue weighted by Crippen LogP contribution is 2.34. The van der Waals surface area contributed by atoms with Crippen molar-refractivity contribution in [1.82, 2.24) is 9.88 Å². The van der Waals surface area contributed by atoms with Gasteiger partial charge in [0.15, 0.2) is 0 Å². The van der Waals surface area contributed by atoms with E-state index >= 15 is 0 Å². The van der Waals surface area contributed by atoms with Gasteiger partial charge in [0.1, 0.15) is 6.10 Å². The topological polar surface area (TPSA) is 37.7 Å². The number of aliphatic imine (C=N–C) groups is 1. The Hall–Kier alpha value is -1.36. The van der Waals surface area contributed by atoms with E-state index in [4.69, 9.17) is 4.74 Å². The van der Waals surface area contributed by atoms with E-state index in [0.29, 0.717) is 5.88 Å². The number of hydrogen-bond acceptors (Lipinski definition) is 3. The van der Waals surface area contributed by atoms with Crippen LogP contribution in [0.25, 0.3) is 0 Å². The number of aromatic nitrogens is 1. The molecule has 0 atom stereocenters. The zero-order valence-corrected chi connectivity index (χ0v) is 15.6. The monoisotopic (exact) mass is 365 g/mol. The molecule has 0 bridgehead atoms. The number of ether oxygens (including phenoxy) is 1. The summed E-state index contributed by atoms with van der Waals surface area (Å²) in [6, 6.07) is 1.97. The maximum Gasteiger partial charge on any atom is 0.228 e. The van der Waals surface area contributed by atoms with Gasteiger partial charge >= 0.3 is 0 Å². The van der Waals surface area contributed by atoms with E-state index in [1.165, 1.54) is 11.1 Å². The maximum atomic E-state index is 6.07. The van der Waals surface area contributed by atoms with Crippen molar-refractivity contribution >= 4 is 28.0 Å². The fraction of sp³-hybridized carbons (Fsp3) is 0.529. The lowest BCUT2D eigenvalue weighted by Crippen LogP contribution is -2.15. The van der Waals surface area contributed by atoms with Crippen LogP contribution in [-0.2, 0) is 0 Å². The molecule has 1 aromatic rings. The van der Waals surface area contributed by atoms with Gasteiger partial charge in [-0.25, -0.2) is 9.98 Å². The molecule has 0 aromatic carbocycles. The van der Waals surface area contributed by atoms with Crippen LogP contribution in [0.3, 0.4) is 0 Å². The average molecular weight is 366 g/mol. The second kappa shape index (κ2) is 7.27. The van der Waals surface area contributed by atoms with E-state index in [-0.39, 0.29) is 6.10 Å². The van der Waals surface area contributed by atoms with Crippen molar-refractivity contribution in [1.29, 1.82) is 0 Å². The van der Waals surface area contributed by atoms with Gasteiger partial charge in [0.25, 0.3) is 0 Å². The van der Waals surface area contributed by atoms with Crippen LogP contribution >= 0.6 is 15.9 Å². The van der Waals surface area contributed by atoms with Crippen LogP contribution in [0.15, 0.2) is 26.7 Å². The maximum absolute atomic E-state index is 6.07. The average Bonchev–Trinajstić information content (AvgIpc) is 2.79. The lowest BCUT2D eigenvalue weighted by molar-refractivity contribution is 0.202. The van der Waals surface area contributed by atoms with E-state index in [9.17, 15) is 0 Å². The van der Waals surface area contributed by atoms with Crippen molar-refractivity contribution in [2.75, 3.05) is 13.6 Å². The molecular formula is C17H24BrN3O. The van der Waals surface area contributed by atoms with Gasteiger partial charge in [-0.1, -0.05) is 11.1 Å². The molecule has 5 heteroatoms. The van der Waals surface area contributed by atoms with E-state index in [1.807, 2.05) is 31.3 Å². The molecule has 2 rings (SSSR count). The van der Waals surface area contributed by atoms with E-state index in [0.717, 1.165) is 35.2 Å². The van der Waals surface area contributed by atoms with Crippen LogP contribution in [-0.4, -0.2) is 35.9 Å². The summed E-state index contributed by atoms with van der Waals surface area (Å²) >= 11 is 3.55. The quantitative estimate of drug-likeness (QED) is 0.433. The fourth-order valence-electron chi connectivity index (χ4n) is 2.35. The van der Waals surface area contributed by atoms with E-state index < -0.39 is 0 Å². The summed E-state index contributed by atoms with van der Waals surface area (Å²) in [6.45, 7) is 9.32. The Bertz CT molecular complexity index is 596. The largest absolute Gasteiger partial charge is 0.473 e. The van der Waals surface area contributed by atoms with Gasteiger partial charge in [0, 0.05) is 26.4 Å². The molecule has 1 aliphatic rings. The molecule has 0 radical (unpaired) electrons. The third-order valence-electron chi connectivity index (χ3n) is 4.07. The van der Waals surface area contributed by atoms with Crippen LogP contribution in [0.1, 0.15) is 39.3 Å². The summed E-state index contributed by atoms with van der Waals surface area (Å²) in [7, 11) is 2.00. The summed E-state index contributed by atoms with van der Waals surface area (Å²) < 4.78 is 6.92. The number of hydrogen-bond donors (Lipinski definition) is 0. The molecule has 0 aliphatic heterocycles. The molecule has 22 heavy (non-hydrogen) atoms. The molecule has 4 nitrogen and oxygen atoms in total. The molecule has 0 saturated heterocycles. The molecule has 0 spiro atoms. The van der Waals surface area contributed by atoms with E-state index in [1.54, 1.807) is 0 Å². The highest BCUT2D eigenvalue weighted by atomic mass is 79.9. The van der Waals surface area contributed by atoms with Crippen molar-refractivity contribution in [2.24, 2.45) is 4.99 Å². The van der Waals surface area contributed by atoms with Crippen molar-refractivity contribution in [3.63, 3.8) is 0 Å². The molecular weight excluding hydrogens is 342 g/mol. The van der Waals surface area contributed by atoms with Crippen LogP contribution in [0, 0.1) is 6.92 Å². The minimum absolute atomic E-state index is 0.198. The first-order valence-electron chi connectivity index (χ1n) is 7.64. The Balaban J connectivity index is 2.12. The standard InChI is InChI=1S/C17H24BrN3O/c1-6-21(5)10-19-16-9-15(18)17(20-13(16)4)22-14-7-11(2)12(3)8-14/h9-10,14H,6-8H2,1-5H3. The normalized spacial score (nSPS) is 15.9. The molecule has 1 aromatic heterocycles. The first kappa shape index (κ1) is 17.0. The molecule has 0 fully saturated rings. The number of nitrogens with zero attached hydrogens (tertiary/aromatic N) is 3. The highest BCUT2D eigenvalue weighted by Gasteiger charge is 2.22. The van der Waals surface area contributed by atoms with Gasteiger partial charge in [-0.3, -0.25) is 0 Å². The second-order valence-electron chi connectivity index (χ2n) is 5.91. The molecule has 0 unspecified atom stereocenters. The Morgan fingerprint density at radius 3 is 2.59 bits per heavy atom. The number of aryl methyl sites for hydroxylation is 1. The predicted octanol–water partition coefficient (Wildman–Crippen LogP) is 4.64. The number of pyridine rings is 1. The molecule has 0 amide bonds. The minimum Gasteiger partial charge on any atom is -0.473 e. The number of halogens is 1. The smallest absolute Gasteiger partial charge is 0.228 e. The Labute approximate surface area is 141 Å². The van der Waals surface area contributed by atoms with Gasteiger partial charge in [0.2, 0.25) is 5.88 Å². The molecule has 0 saturated carbocycles.